The number of nitriles is 1. The minimum Gasteiger partial charge on any atom is -0.466 e. The summed E-state index contributed by atoms with van der Waals surface area (Å²) >= 11 is 0. The number of carbonyl (C=O) groups is 1. The minimum atomic E-state index is -2.90. The van der Waals surface area contributed by atoms with Gasteiger partial charge < -0.3 is 9.84 Å². The van der Waals surface area contributed by atoms with Gasteiger partial charge in [0.25, 0.3) is 6.43 Å². The summed E-state index contributed by atoms with van der Waals surface area (Å²) < 4.78 is 30.8. The average Bonchev–Trinajstić information content (AvgIpc) is 2.37. The number of hydrogen-bond acceptors (Lipinski definition) is 4. The van der Waals surface area contributed by atoms with E-state index >= 15 is 0 Å². The molecule has 0 aliphatic rings. The zero-order valence-electron chi connectivity index (χ0n) is 10.3. The number of alkyl halides is 2. The second-order valence-corrected chi connectivity index (χ2v) is 3.72. The van der Waals surface area contributed by atoms with Crippen molar-refractivity contribution < 1.29 is 23.4 Å². The van der Waals surface area contributed by atoms with Crippen molar-refractivity contribution in [3.05, 3.63) is 34.4 Å². The zero-order chi connectivity index (χ0) is 14.4. The molecule has 0 aliphatic heterocycles. The van der Waals surface area contributed by atoms with E-state index in [9.17, 15) is 13.6 Å². The van der Waals surface area contributed by atoms with Gasteiger partial charge in [0.15, 0.2) is 0 Å². The third kappa shape index (κ3) is 3.48. The lowest BCUT2D eigenvalue weighted by Crippen LogP contribution is -2.11. The summed E-state index contributed by atoms with van der Waals surface area (Å²) in [6, 6.07) is 4.32. The van der Waals surface area contributed by atoms with Gasteiger partial charge in [-0.3, -0.25) is 4.79 Å². The second-order valence-electron chi connectivity index (χ2n) is 3.72. The first-order valence-corrected chi connectivity index (χ1v) is 5.64. The number of rotatable bonds is 5. The fourth-order valence-corrected chi connectivity index (χ4v) is 1.74. The van der Waals surface area contributed by atoms with Crippen molar-refractivity contribution in [1.29, 1.82) is 5.26 Å². The molecule has 0 saturated carbocycles. The number of halogens is 2. The molecule has 0 atom stereocenters. The molecule has 0 fully saturated rings. The molecule has 0 aromatic heterocycles. The van der Waals surface area contributed by atoms with Crippen molar-refractivity contribution in [3.63, 3.8) is 0 Å². The van der Waals surface area contributed by atoms with Gasteiger partial charge in [0.05, 0.1) is 25.2 Å². The maximum Gasteiger partial charge on any atom is 0.310 e. The third-order valence-electron chi connectivity index (χ3n) is 2.56. The van der Waals surface area contributed by atoms with Crippen molar-refractivity contribution in [3.8, 4) is 6.07 Å². The average molecular weight is 269 g/mol. The molecule has 1 aromatic carbocycles. The predicted molar refractivity (Wildman–Crippen MR) is 62.4 cm³/mol. The number of esters is 1. The topological polar surface area (TPSA) is 70.3 Å². The SMILES string of the molecule is CCOC(=O)Cc1ccc(CO)c(C#N)c1C(F)F. The maximum atomic E-state index is 13.0. The van der Waals surface area contributed by atoms with Gasteiger partial charge in [-0.25, -0.2) is 8.78 Å². The van der Waals surface area contributed by atoms with Crippen molar-refractivity contribution >= 4 is 5.97 Å². The van der Waals surface area contributed by atoms with Crippen LogP contribution in [0.5, 0.6) is 0 Å². The zero-order valence-corrected chi connectivity index (χ0v) is 10.3. The molecule has 1 aromatic rings. The highest BCUT2D eigenvalue weighted by atomic mass is 19.3. The normalized spacial score (nSPS) is 10.3. The third-order valence-corrected chi connectivity index (χ3v) is 2.56. The molecule has 1 N–H and O–H groups in total. The van der Waals surface area contributed by atoms with Gasteiger partial charge in [0.1, 0.15) is 6.07 Å². The van der Waals surface area contributed by atoms with Crippen LogP contribution in [0, 0.1) is 11.3 Å². The maximum absolute atomic E-state index is 13.0. The van der Waals surface area contributed by atoms with Gasteiger partial charge in [-0.1, -0.05) is 12.1 Å². The van der Waals surface area contributed by atoms with Crippen LogP contribution in [0.15, 0.2) is 12.1 Å². The number of aliphatic hydroxyl groups excluding tert-OH is 1. The Morgan fingerprint density at radius 3 is 2.58 bits per heavy atom. The molecule has 6 heteroatoms. The van der Waals surface area contributed by atoms with Crippen LogP contribution in [0.3, 0.4) is 0 Å². The van der Waals surface area contributed by atoms with E-state index in [4.69, 9.17) is 15.1 Å². The number of hydrogen-bond donors (Lipinski definition) is 1. The van der Waals surface area contributed by atoms with E-state index in [0.29, 0.717) is 0 Å². The van der Waals surface area contributed by atoms with E-state index in [2.05, 4.69) is 0 Å². The predicted octanol–water partition coefficient (Wildman–Crippen LogP) is 2.09. The summed E-state index contributed by atoms with van der Waals surface area (Å²) in [5, 5.41) is 18.0. The smallest absolute Gasteiger partial charge is 0.310 e. The van der Waals surface area contributed by atoms with E-state index in [1.54, 1.807) is 13.0 Å². The molecule has 0 bridgehead atoms. The first-order chi connectivity index (χ1) is 9.04. The van der Waals surface area contributed by atoms with E-state index in [1.807, 2.05) is 0 Å². The van der Waals surface area contributed by atoms with Crippen molar-refractivity contribution in [2.24, 2.45) is 0 Å². The van der Waals surface area contributed by atoms with Crippen LogP contribution >= 0.6 is 0 Å². The standard InChI is InChI=1S/C13H13F2NO3/c1-2-19-11(18)5-8-3-4-9(7-17)10(6-16)12(8)13(14)15/h3-4,13,17H,2,5,7H2,1H3. The number of carbonyl (C=O) groups excluding carboxylic acids is 1. The molecule has 0 aliphatic carbocycles. The van der Waals surface area contributed by atoms with E-state index in [1.165, 1.54) is 12.1 Å². The Morgan fingerprint density at radius 2 is 2.11 bits per heavy atom. The molecular weight excluding hydrogens is 256 g/mol. The van der Waals surface area contributed by atoms with Gasteiger partial charge in [0, 0.05) is 5.56 Å². The molecule has 0 radical (unpaired) electrons. The quantitative estimate of drug-likeness (QED) is 0.831. The first kappa shape index (κ1) is 15.1. The van der Waals surface area contributed by atoms with Gasteiger partial charge >= 0.3 is 5.97 Å². The summed E-state index contributed by atoms with van der Waals surface area (Å²) in [5.74, 6) is -0.634. The lowest BCUT2D eigenvalue weighted by molar-refractivity contribution is -0.142. The Balaban J connectivity index is 3.25. The van der Waals surface area contributed by atoms with E-state index in [0.717, 1.165) is 0 Å². The number of ether oxygens (including phenoxy) is 1. The fourth-order valence-electron chi connectivity index (χ4n) is 1.74. The fraction of sp³-hybridized carbons (Fsp3) is 0.385. The Bertz CT molecular complexity index is 509. The summed E-state index contributed by atoms with van der Waals surface area (Å²) in [6.07, 6.45) is -3.22. The lowest BCUT2D eigenvalue weighted by atomic mass is 9.95. The molecule has 1 rings (SSSR count). The Morgan fingerprint density at radius 1 is 1.47 bits per heavy atom. The van der Waals surface area contributed by atoms with Crippen LogP contribution in [0.4, 0.5) is 8.78 Å². The van der Waals surface area contributed by atoms with Crippen molar-refractivity contribution in [2.45, 2.75) is 26.4 Å². The molecule has 0 unspecified atom stereocenters. The monoisotopic (exact) mass is 269 g/mol. The molecule has 0 heterocycles. The van der Waals surface area contributed by atoms with Gasteiger partial charge in [-0.05, 0) is 18.1 Å². The summed E-state index contributed by atoms with van der Waals surface area (Å²) in [4.78, 5) is 11.3. The second kappa shape index (κ2) is 6.81. The van der Waals surface area contributed by atoms with Gasteiger partial charge in [0.2, 0.25) is 0 Å². The largest absolute Gasteiger partial charge is 0.466 e. The van der Waals surface area contributed by atoms with Crippen molar-refractivity contribution in [1.82, 2.24) is 0 Å². The molecule has 0 saturated heterocycles. The van der Waals surface area contributed by atoms with Crippen LogP contribution in [0.25, 0.3) is 0 Å². The summed E-state index contributed by atoms with van der Waals surface area (Å²) in [6.45, 7) is 1.26. The number of benzene rings is 1. The Kier molecular flexibility index (Phi) is 5.39. The highest BCUT2D eigenvalue weighted by Crippen LogP contribution is 2.29. The molecule has 4 nitrogen and oxygen atoms in total. The highest BCUT2D eigenvalue weighted by molar-refractivity contribution is 5.73. The Labute approximate surface area is 109 Å². The molecule has 0 spiro atoms. The van der Waals surface area contributed by atoms with Gasteiger partial charge in [-0.15, -0.1) is 0 Å². The van der Waals surface area contributed by atoms with Crippen LogP contribution in [0.1, 0.15) is 35.6 Å². The van der Waals surface area contributed by atoms with Crippen molar-refractivity contribution in [2.75, 3.05) is 6.61 Å². The molecule has 19 heavy (non-hydrogen) atoms. The van der Waals surface area contributed by atoms with Crippen LogP contribution in [-0.2, 0) is 22.6 Å². The van der Waals surface area contributed by atoms with E-state index < -0.39 is 24.6 Å². The lowest BCUT2D eigenvalue weighted by Gasteiger charge is -2.13. The summed E-state index contributed by atoms with van der Waals surface area (Å²) in [7, 11) is 0. The first-order valence-electron chi connectivity index (χ1n) is 5.64. The highest BCUT2D eigenvalue weighted by Gasteiger charge is 2.22. The van der Waals surface area contributed by atoms with Gasteiger partial charge in [-0.2, -0.15) is 5.26 Å². The number of aliphatic hydroxyl groups is 1. The molecule has 0 amide bonds. The van der Waals surface area contributed by atoms with Crippen LogP contribution in [-0.4, -0.2) is 17.7 Å². The van der Waals surface area contributed by atoms with Crippen LogP contribution < -0.4 is 0 Å². The molecule has 102 valence electrons. The number of nitrogens with zero attached hydrogens (tertiary/aromatic N) is 1. The minimum absolute atomic E-state index is 0.0437. The van der Waals surface area contributed by atoms with Crippen LogP contribution in [0.2, 0.25) is 0 Å². The Hall–Kier alpha value is -2.00. The summed E-state index contributed by atoms with van der Waals surface area (Å²) in [5.41, 5.74) is -0.631. The van der Waals surface area contributed by atoms with E-state index in [-0.39, 0.29) is 29.7 Å². The molecular formula is C13H13F2NO3.